The molecule has 0 bridgehead atoms. The lowest BCUT2D eigenvalue weighted by Crippen LogP contribution is -2.28. The molecule has 1 rings (SSSR count). The Kier molecular flexibility index (Phi) is 6.06. The van der Waals surface area contributed by atoms with Gasteiger partial charge in [-0.15, -0.1) is 0 Å². The van der Waals surface area contributed by atoms with Crippen LogP contribution in [0.5, 0.6) is 5.75 Å². The summed E-state index contributed by atoms with van der Waals surface area (Å²) in [5.41, 5.74) is 0.724. The summed E-state index contributed by atoms with van der Waals surface area (Å²) in [7, 11) is 2.06. The Labute approximate surface area is 112 Å². The van der Waals surface area contributed by atoms with Crippen molar-refractivity contribution in [2.24, 2.45) is 0 Å². The van der Waals surface area contributed by atoms with Gasteiger partial charge in [-0.2, -0.15) is 0 Å². The van der Waals surface area contributed by atoms with Gasteiger partial charge in [0.1, 0.15) is 5.75 Å². The summed E-state index contributed by atoms with van der Waals surface area (Å²) in [4.78, 5) is 2.21. The summed E-state index contributed by atoms with van der Waals surface area (Å²) >= 11 is 11.7. The predicted molar refractivity (Wildman–Crippen MR) is 73.0 cm³/mol. The van der Waals surface area contributed by atoms with Crippen LogP contribution in [-0.4, -0.2) is 36.7 Å². The van der Waals surface area contributed by atoms with Crippen LogP contribution in [0.2, 0.25) is 10.0 Å². The number of likely N-dealkylation sites (N-methyl/N-ethyl adjacent to an activating group) is 1. The van der Waals surface area contributed by atoms with E-state index in [2.05, 4.69) is 24.2 Å². The highest BCUT2D eigenvalue weighted by molar-refractivity contribution is 6.35. The third-order valence-electron chi connectivity index (χ3n) is 2.63. The Morgan fingerprint density at radius 1 is 1.35 bits per heavy atom. The minimum Gasteiger partial charge on any atom is -0.506 e. The van der Waals surface area contributed by atoms with Crippen molar-refractivity contribution in [3.63, 3.8) is 0 Å². The first-order valence-electron chi connectivity index (χ1n) is 5.60. The molecular formula is C12H18Cl2N2O. The molecule has 0 aliphatic rings. The summed E-state index contributed by atoms with van der Waals surface area (Å²) in [5, 5.41) is 13.8. The molecule has 3 nitrogen and oxygen atoms in total. The molecule has 96 valence electrons. The van der Waals surface area contributed by atoms with Crippen molar-refractivity contribution in [3.8, 4) is 5.75 Å². The highest BCUT2D eigenvalue weighted by Gasteiger charge is 2.07. The number of nitrogens with one attached hydrogen (secondary N) is 1. The largest absolute Gasteiger partial charge is 0.506 e. The van der Waals surface area contributed by atoms with Crippen molar-refractivity contribution in [1.82, 2.24) is 10.2 Å². The number of benzene rings is 1. The van der Waals surface area contributed by atoms with Gasteiger partial charge in [0.15, 0.2) is 0 Å². The fraction of sp³-hybridized carbons (Fsp3) is 0.500. The summed E-state index contributed by atoms with van der Waals surface area (Å²) in [5.74, 6) is 0.104. The number of aromatic hydroxyl groups is 1. The molecule has 0 heterocycles. The average molecular weight is 277 g/mol. The summed E-state index contributed by atoms with van der Waals surface area (Å²) < 4.78 is 0. The highest BCUT2D eigenvalue weighted by Crippen LogP contribution is 2.30. The van der Waals surface area contributed by atoms with E-state index in [1.165, 1.54) is 6.07 Å². The van der Waals surface area contributed by atoms with Gasteiger partial charge in [0.05, 0.1) is 5.02 Å². The molecule has 0 aromatic heterocycles. The van der Waals surface area contributed by atoms with Crippen LogP contribution in [-0.2, 0) is 6.54 Å². The third-order valence-corrected chi connectivity index (χ3v) is 3.14. The van der Waals surface area contributed by atoms with E-state index in [0.29, 0.717) is 16.6 Å². The fourth-order valence-electron chi connectivity index (χ4n) is 1.41. The Morgan fingerprint density at radius 2 is 2.06 bits per heavy atom. The molecule has 2 N–H and O–H groups in total. The zero-order chi connectivity index (χ0) is 12.8. The van der Waals surface area contributed by atoms with E-state index in [0.717, 1.165) is 25.2 Å². The minimum atomic E-state index is 0.104. The molecular weight excluding hydrogens is 259 g/mol. The lowest BCUT2D eigenvalue weighted by atomic mass is 10.2. The first kappa shape index (κ1) is 14.6. The van der Waals surface area contributed by atoms with Gasteiger partial charge in [0, 0.05) is 30.2 Å². The van der Waals surface area contributed by atoms with Crippen molar-refractivity contribution in [2.45, 2.75) is 13.5 Å². The number of hydrogen-bond acceptors (Lipinski definition) is 3. The van der Waals surface area contributed by atoms with Crippen LogP contribution in [0.1, 0.15) is 12.5 Å². The SMILES string of the molecule is CCN(C)CCNCc1cc(Cl)cc(Cl)c1O. The molecule has 0 radical (unpaired) electrons. The van der Waals surface area contributed by atoms with Gasteiger partial charge < -0.3 is 15.3 Å². The van der Waals surface area contributed by atoms with Crippen molar-refractivity contribution < 1.29 is 5.11 Å². The maximum absolute atomic E-state index is 9.74. The molecule has 1 aromatic rings. The number of nitrogens with zero attached hydrogens (tertiary/aromatic N) is 1. The van der Waals surface area contributed by atoms with Crippen LogP contribution < -0.4 is 5.32 Å². The van der Waals surface area contributed by atoms with E-state index < -0.39 is 0 Å². The van der Waals surface area contributed by atoms with Gasteiger partial charge in [0.25, 0.3) is 0 Å². The van der Waals surface area contributed by atoms with E-state index >= 15 is 0 Å². The Hall–Kier alpha value is -0.480. The van der Waals surface area contributed by atoms with Gasteiger partial charge in [-0.05, 0) is 25.7 Å². The van der Waals surface area contributed by atoms with Gasteiger partial charge in [-0.3, -0.25) is 0 Å². The molecule has 0 aliphatic carbocycles. The number of hydrogen-bond donors (Lipinski definition) is 2. The van der Waals surface area contributed by atoms with E-state index in [1.54, 1.807) is 6.07 Å². The maximum atomic E-state index is 9.74. The Balaban J connectivity index is 2.47. The molecule has 0 fully saturated rings. The number of phenolic OH excluding ortho intramolecular Hbond substituents is 1. The Morgan fingerprint density at radius 3 is 2.71 bits per heavy atom. The average Bonchev–Trinajstić information content (AvgIpc) is 2.30. The predicted octanol–water partition coefficient (Wildman–Crippen LogP) is 2.74. The maximum Gasteiger partial charge on any atom is 0.138 e. The van der Waals surface area contributed by atoms with Gasteiger partial charge in [-0.25, -0.2) is 0 Å². The van der Waals surface area contributed by atoms with Crippen LogP contribution in [0.4, 0.5) is 0 Å². The van der Waals surface area contributed by atoms with Gasteiger partial charge in [-0.1, -0.05) is 30.1 Å². The minimum absolute atomic E-state index is 0.104. The van der Waals surface area contributed by atoms with Gasteiger partial charge in [0.2, 0.25) is 0 Å². The molecule has 17 heavy (non-hydrogen) atoms. The van der Waals surface area contributed by atoms with Crippen LogP contribution in [0, 0.1) is 0 Å². The highest BCUT2D eigenvalue weighted by atomic mass is 35.5. The molecule has 1 aromatic carbocycles. The smallest absolute Gasteiger partial charge is 0.138 e. The van der Waals surface area contributed by atoms with E-state index in [9.17, 15) is 5.11 Å². The standard InChI is InChI=1S/C12H18Cl2N2O/c1-3-16(2)5-4-15-8-9-6-10(13)7-11(14)12(9)17/h6-7,15,17H,3-5,8H2,1-2H3. The first-order valence-corrected chi connectivity index (χ1v) is 6.36. The van der Waals surface area contributed by atoms with E-state index in [-0.39, 0.29) is 5.75 Å². The van der Waals surface area contributed by atoms with E-state index in [4.69, 9.17) is 23.2 Å². The van der Waals surface area contributed by atoms with Crippen LogP contribution in [0.3, 0.4) is 0 Å². The van der Waals surface area contributed by atoms with E-state index in [1.807, 2.05) is 0 Å². The molecule has 0 saturated heterocycles. The number of phenols is 1. The summed E-state index contributed by atoms with van der Waals surface area (Å²) in [6, 6.07) is 3.26. The van der Waals surface area contributed by atoms with Crippen molar-refractivity contribution >= 4 is 23.2 Å². The first-order chi connectivity index (χ1) is 8.04. The normalized spacial score (nSPS) is 11.1. The quantitative estimate of drug-likeness (QED) is 0.785. The van der Waals surface area contributed by atoms with Crippen molar-refractivity contribution in [1.29, 1.82) is 0 Å². The summed E-state index contributed by atoms with van der Waals surface area (Å²) in [6.45, 7) is 5.52. The molecule has 0 saturated carbocycles. The second-order valence-corrected chi connectivity index (χ2v) is 4.81. The lowest BCUT2D eigenvalue weighted by Gasteiger charge is -2.14. The molecule has 0 amide bonds. The van der Waals surface area contributed by atoms with Crippen molar-refractivity contribution in [3.05, 3.63) is 27.7 Å². The zero-order valence-corrected chi connectivity index (χ0v) is 11.6. The topological polar surface area (TPSA) is 35.5 Å². The second kappa shape index (κ2) is 7.07. The molecule has 5 heteroatoms. The Bertz CT molecular complexity index is 372. The second-order valence-electron chi connectivity index (χ2n) is 3.97. The van der Waals surface area contributed by atoms with Crippen LogP contribution in [0.15, 0.2) is 12.1 Å². The lowest BCUT2D eigenvalue weighted by molar-refractivity contribution is 0.348. The molecule has 0 atom stereocenters. The fourth-order valence-corrected chi connectivity index (χ4v) is 1.94. The molecule has 0 unspecified atom stereocenters. The van der Waals surface area contributed by atoms with Gasteiger partial charge >= 0.3 is 0 Å². The van der Waals surface area contributed by atoms with Crippen molar-refractivity contribution in [2.75, 3.05) is 26.7 Å². The third kappa shape index (κ3) is 4.72. The zero-order valence-electron chi connectivity index (χ0n) is 10.1. The number of rotatable bonds is 6. The molecule has 0 spiro atoms. The summed E-state index contributed by atoms with van der Waals surface area (Å²) in [6.07, 6.45) is 0. The van der Waals surface area contributed by atoms with Crippen LogP contribution in [0.25, 0.3) is 0 Å². The number of halogens is 2. The monoisotopic (exact) mass is 276 g/mol. The van der Waals surface area contributed by atoms with Crippen LogP contribution >= 0.6 is 23.2 Å². The molecule has 0 aliphatic heterocycles.